The van der Waals surface area contributed by atoms with Crippen molar-refractivity contribution in [3.05, 3.63) is 0 Å². The normalized spacial score (nSPS) is 31.9. The molecular weight excluding hydrogens is 222 g/mol. The smallest absolute Gasteiger partial charge is 0.151 e. The van der Waals surface area contributed by atoms with Gasteiger partial charge < -0.3 is 5.32 Å². The molecule has 0 aromatic carbocycles. The summed E-state index contributed by atoms with van der Waals surface area (Å²) in [4.78, 5) is 0. The third-order valence-corrected chi connectivity index (χ3v) is 5.72. The molecule has 3 nitrogen and oxygen atoms in total. The van der Waals surface area contributed by atoms with Crippen molar-refractivity contribution < 1.29 is 8.42 Å². The van der Waals surface area contributed by atoms with Crippen LogP contribution in [0.5, 0.6) is 0 Å². The van der Waals surface area contributed by atoms with E-state index in [9.17, 15) is 8.42 Å². The average molecular weight is 245 g/mol. The van der Waals surface area contributed by atoms with Crippen LogP contribution in [0.2, 0.25) is 0 Å². The van der Waals surface area contributed by atoms with Crippen molar-refractivity contribution in [2.75, 3.05) is 11.5 Å². The van der Waals surface area contributed by atoms with E-state index in [0.717, 1.165) is 18.8 Å². The lowest BCUT2D eigenvalue weighted by Gasteiger charge is -2.32. The molecule has 0 aromatic rings. The Hall–Kier alpha value is -0.0900. The van der Waals surface area contributed by atoms with Crippen LogP contribution in [-0.2, 0) is 9.84 Å². The van der Waals surface area contributed by atoms with E-state index in [2.05, 4.69) is 12.2 Å². The highest BCUT2D eigenvalue weighted by Crippen LogP contribution is 2.30. The summed E-state index contributed by atoms with van der Waals surface area (Å²) in [5.74, 6) is 1.63. The molecule has 0 spiro atoms. The topological polar surface area (TPSA) is 46.2 Å². The van der Waals surface area contributed by atoms with E-state index in [0.29, 0.717) is 17.5 Å². The number of hydrogen-bond acceptors (Lipinski definition) is 3. The summed E-state index contributed by atoms with van der Waals surface area (Å²) in [5, 5.41) is 3.49. The molecule has 0 aromatic heterocycles. The van der Waals surface area contributed by atoms with Crippen molar-refractivity contribution in [1.29, 1.82) is 0 Å². The molecule has 4 heteroatoms. The van der Waals surface area contributed by atoms with Crippen LogP contribution < -0.4 is 5.32 Å². The third kappa shape index (κ3) is 3.45. The van der Waals surface area contributed by atoms with Crippen molar-refractivity contribution >= 4 is 9.84 Å². The van der Waals surface area contributed by atoms with Gasteiger partial charge in [0.2, 0.25) is 0 Å². The van der Waals surface area contributed by atoms with Crippen LogP contribution in [0.1, 0.15) is 45.4 Å². The van der Waals surface area contributed by atoms with Gasteiger partial charge in [-0.25, -0.2) is 8.42 Å². The summed E-state index contributed by atoms with van der Waals surface area (Å²) < 4.78 is 23.0. The van der Waals surface area contributed by atoms with Crippen LogP contribution in [0, 0.1) is 5.92 Å². The molecule has 2 aliphatic rings. The second-order valence-electron chi connectivity index (χ2n) is 5.55. The first-order valence-electron chi connectivity index (χ1n) is 6.51. The number of sulfone groups is 1. The molecular formula is C12H23NO2S. The van der Waals surface area contributed by atoms with Crippen molar-refractivity contribution in [2.24, 2.45) is 5.92 Å². The molecule has 1 aliphatic carbocycles. The maximum absolute atomic E-state index is 11.5. The van der Waals surface area contributed by atoms with Crippen molar-refractivity contribution in [3.63, 3.8) is 0 Å². The molecule has 0 amide bonds. The van der Waals surface area contributed by atoms with E-state index in [1.807, 2.05) is 0 Å². The molecule has 2 atom stereocenters. The zero-order valence-electron chi connectivity index (χ0n) is 10.1. The van der Waals surface area contributed by atoms with Crippen LogP contribution in [0.25, 0.3) is 0 Å². The Balaban J connectivity index is 1.75. The second kappa shape index (κ2) is 5.05. The predicted molar refractivity (Wildman–Crippen MR) is 66.2 cm³/mol. The Bertz CT molecular complexity index is 322. The first-order valence-corrected chi connectivity index (χ1v) is 8.34. The quantitative estimate of drug-likeness (QED) is 0.820. The van der Waals surface area contributed by atoms with Gasteiger partial charge in [-0.2, -0.15) is 0 Å². The fraction of sp³-hybridized carbons (Fsp3) is 1.00. The molecule has 16 heavy (non-hydrogen) atoms. The Morgan fingerprint density at radius 3 is 2.56 bits per heavy atom. The molecule has 2 unspecified atom stereocenters. The van der Waals surface area contributed by atoms with Gasteiger partial charge in [0.15, 0.2) is 9.84 Å². The van der Waals surface area contributed by atoms with E-state index in [1.54, 1.807) is 0 Å². The molecule has 1 heterocycles. The van der Waals surface area contributed by atoms with Crippen LogP contribution >= 0.6 is 0 Å². The standard InChI is InChI=1S/C12H23NO2S/c1-10(8-11-4-2-5-11)13-12-6-3-7-16(14,15)9-12/h10-13H,2-9H2,1H3. The van der Waals surface area contributed by atoms with Gasteiger partial charge in [0.05, 0.1) is 11.5 Å². The minimum absolute atomic E-state index is 0.203. The van der Waals surface area contributed by atoms with Gasteiger partial charge in [-0.15, -0.1) is 0 Å². The van der Waals surface area contributed by atoms with Crippen LogP contribution in [0.3, 0.4) is 0 Å². The Labute approximate surface area is 98.9 Å². The maximum Gasteiger partial charge on any atom is 0.151 e. The predicted octanol–water partition coefficient (Wildman–Crippen LogP) is 1.73. The molecule has 2 fully saturated rings. The van der Waals surface area contributed by atoms with E-state index in [4.69, 9.17) is 0 Å². The third-order valence-electron chi connectivity index (χ3n) is 3.89. The monoisotopic (exact) mass is 245 g/mol. The fourth-order valence-corrected chi connectivity index (χ4v) is 4.50. The van der Waals surface area contributed by atoms with Crippen LogP contribution in [0.4, 0.5) is 0 Å². The van der Waals surface area contributed by atoms with Crippen LogP contribution in [0.15, 0.2) is 0 Å². The first-order chi connectivity index (χ1) is 7.55. The summed E-state index contributed by atoms with van der Waals surface area (Å²) in [6, 6.07) is 0.678. The van der Waals surface area contributed by atoms with E-state index in [1.165, 1.54) is 25.7 Å². The first kappa shape index (κ1) is 12.4. The van der Waals surface area contributed by atoms with Gasteiger partial charge in [0, 0.05) is 12.1 Å². The molecule has 1 saturated heterocycles. The summed E-state index contributed by atoms with van der Waals surface area (Å²) in [6.45, 7) is 2.19. The van der Waals surface area contributed by atoms with Gasteiger partial charge in [-0.1, -0.05) is 19.3 Å². The lowest BCUT2D eigenvalue weighted by molar-refractivity contribution is 0.257. The molecule has 94 valence electrons. The number of nitrogens with one attached hydrogen (secondary N) is 1. The SMILES string of the molecule is CC(CC1CCC1)NC1CCCS(=O)(=O)C1. The summed E-state index contributed by atoms with van der Waals surface area (Å²) in [7, 11) is -2.76. The van der Waals surface area contributed by atoms with Crippen molar-refractivity contribution in [2.45, 2.75) is 57.5 Å². The minimum atomic E-state index is -2.76. The fourth-order valence-electron chi connectivity index (χ4n) is 2.85. The zero-order valence-corrected chi connectivity index (χ0v) is 10.9. The van der Waals surface area contributed by atoms with Crippen molar-refractivity contribution in [1.82, 2.24) is 5.32 Å². The van der Waals surface area contributed by atoms with E-state index >= 15 is 0 Å². The highest BCUT2D eigenvalue weighted by Gasteiger charge is 2.27. The Kier molecular flexibility index (Phi) is 3.90. The van der Waals surface area contributed by atoms with Gasteiger partial charge in [0.1, 0.15) is 0 Å². The molecule has 1 aliphatic heterocycles. The molecule has 0 radical (unpaired) electrons. The largest absolute Gasteiger partial charge is 0.310 e. The van der Waals surface area contributed by atoms with E-state index < -0.39 is 9.84 Å². The Morgan fingerprint density at radius 2 is 2.00 bits per heavy atom. The summed E-state index contributed by atoms with van der Waals surface area (Å²) in [6.07, 6.45) is 7.19. The van der Waals surface area contributed by atoms with Crippen LogP contribution in [-0.4, -0.2) is 32.0 Å². The minimum Gasteiger partial charge on any atom is -0.310 e. The highest BCUT2D eigenvalue weighted by atomic mass is 32.2. The van der Waals surface area contributed by atoms with Gasteiger partial charge in [-0.3, -0.25) is 0 Å². The Morgan fingerprint density at radius 1 is 1.25 bits per heavy atom. The second-order valence-corrected chi connectivity index (χ2v) is 7.78. The lowest BCUT2D eigenvalue weighted by Crippen LogP contribution is -2.45. The summed E-state index contributed by atoms with van der Waals surface area (Å²) in [5.41, 5.74) is 0. The zero-order chi connectivity index (χ0) is 11.6. The van der Waals surface area contributed by atoms with Crippen molar-refractivity contribution in [3.8, 4) is 0 Å². The molecule has 2 rings (SSSR count). The van der Waals surface area contributed by atoms with E-state index in [-0.39, 0.29) is 6.04 Å². The number of hydrogen-bond donors (Lipinski definition) is 1. The highest BCUT2D eigenvalue weighted by molar-refractivity contribution is 7.91. The molecule has 0 bridgehead atoms. The molecule has 1 N–H and O–H groups in total. The van der Waals surface area contributed by atoms with Gasteiger partial charge in [-0.05, 0) is 32.1 Å². The van der Waals surface area contributed by atoms with Gasteiger partial charge in [0.25, 0.3) is 0 Å². The lowest BCUT2D eigenvalue weighted by atomic mass is 9.81. The van der Waals surface area contributed by atoms with Gasteiger partial charge >= 0.3 is 0 Å². The molecule has 1 saturated carbocycles. The average Bonchev–Trinajstić information content (AvgIpc) is 2.10. The number of rotatable bonds is 4. The summed E-state index contributed by atoms with van der Waals surface area (Å²) >= 11 is 0. The maximum atomic E-state index is 11.5.